The van der Waals surface area contributed by atoms with Gasteiger partial charge in [-0.1, -0.05) is 18.2 Å². The lowest BCUT2D eigenvalue weighted by Crippen LogP contribution is -2.48. The third-order valence-corrected chi connectivity index (χ3v) is 5.66. The predicted octanol–water partition coefficient (Wildman–Crippen LogP) is 3.98. The van der Waals surface area contributed by atoms with E-state index in [-0.39, 0.29) is 17.5 Å². The van der Waals surface area contributed by atoms with Gasteiger partial charge in [-0.15, -0.1) is 0 Å². The molecule has 4 rings (SSSR count). The maximum Gasteiger partial charge on any atom is 0.306 e. The molecule has 0 aromatic heterocycles. The van der Waals surface area contributed by atoms with E-state index in [1.807, 2.05) is 37.3 Å². The second-order valence-electron chi connectivity index (χ2n) is 7.49. The highest BCUT2D eigenvalue weighted by atomic mass is 16.5. The number of carbonyl (C=O) groups excluding carboxylic acids is 1. The molecule has 1 atom stereocenters. The summed E-state index contributed by atoms with van der Waals surface area (Å²) in [4.78, 5) is 12.0. The van der Waals surface area contributed by atoms with Crippen molar-refractivity contribution in [2.45, 2.75) is 37.7 Å². The first-order chi connectivity index (χ1) is 13.6. The van der Waals surface area contributed by atoms with Gasteiger partial charge in [-0.25, -0.2) is 0 Å². The molecular weight excluding hydrogens is 356 g/mol. The summed E-state index contributed by atoms with van der Waals surface area (Å²) in [6, 6.07) is 14.2. The third-order valence-electron chi connectivity index (χ3n) is 5.66. The van der Waals surface area contributed by atoms with Gasteiger partial charge in [0.15, 0.2) is 0 Å². The summed E-state index contributed by atoms with van der Waals surface area (Å²) in [6.45, 7) is 3.32. The first-order valence-corrected chi connectivity index (χ1v) is 9.81. The molecule has 5 heteroatoms. The first kappa shape index (κ1) is 18.8. The van der Waals surface area contributed by atoms with E-state index in [0.29, 0.717) is 26.2 Å². The molecule has 5 nitrogen and oxygen atoms in total. The van der Waals surface area contributed by atoms with Gasteiger partial charge in [0.2, 0.25) is 0 Å². The standard InChI is InChI=1S/C23H26O5/c1-3-27-22(24)13-23(14-26-15-23)17-5-7-18(8-6-17)28-21-11-4-16-12-19(25-2)9-10-20(16)21/h5-10,12,21H,3-4,11,13-15H2,1-2H3. The number of fused-ring (bicyclic) bond motifs is 1. The van der Waals surface area contributed by atoms with Crippen molar-refractivity contribution in [2.24, 2.45) is 0 Å². The molecule has 1 saturated heterocycles. The summed E-state index contributed by atoms with van der Waals surface area (Å²) < 4.78 is 22.1. The summed E-state index contributed by atoms with van der Waals surface area (Å²) in [5.74, 6) is 1.55. The lowest BCUT2D eigenvalue weighted by Gasteiger charge is -2.41. The second-order valence-corrected chi connectivity index (χ2v) is 7.49. The molecule has 1 unspecified atom stereocenters. The highest BCUT2D eigenvalue weighted by Crippen LogP contribution is 2.39. The Morgan fingerprint density at radius 1 is 1.14 bits per heavy atom. The Bertz CT molecular complexity index is 839. The topological polar surface area (TPSA) is 54.0 Å². The van der Waals surface area contributed by atoms with Crippen molar-refractivity contribution in [1.82, 2.24) is 0 Å². The fourth-order valence-corrected chi connectivity index (χ4v) is 4.06. The van der Waals surface area contributed by atoms with Crippen molar-refractivity contribution in [3.8, 4) is 11.5 Å². The van der Waals surface area contributed by atoms with Gasteiger partial charge in [-0.2, -0.15) is 0 Å². The van der Waals surface area contributed by atoms with Crippen LogP contribution < -0.4 is 9.47 Å². The highest BCUT2D eigenvalue weighted by Gasteiger charge is 2.42. The largest absolute Gasteiger partial charge is 0.497 e. The third kappa shape index (κ3) is 3.59. The van der Waals surface area contributed by atoms with E-state index in [4.69, 9.17) is 18.9 Å². The molecule has 2 aliphatic rings. The van der Waals surface area contributed by atoms with Crippen LogP contribution in [0, 0.1) is 0 Å². The smallest absolute Gasteiger partial charge is 0.306 e. The minimum absolute atomic E-state index is 0.0623. The number of hydrogen-bond donors (Lipinski definition) is 0. The van der Waals surface area contributed by atoms with Crippen molar-refractivity contribution in [3.05, 3.63) is 59.2 Å². The maximum atomic E-state index is 12.0. The molecule has 0 saturated carbocycles. The van der Waals surface area contributed by atoms with E-state index in [2.05, 4.69) is 12.1 Å². The molecule has 1 aliphatic carbocycles. The molecule has 2 aromatic rings. The van der Waals surface area contributed by atoms with E-state index in [1.54, 1.807) is 7.11 Å². The fraction of sp³-hybridized carbons (Fsp3) is 0.435. The molecule has 0 N–H and O–H groups in total. The number of ether oxygens (including phenoxy) is 4. The number of aryl methyl sites for hydroxylation is 1. The molecule has 0 bridgehead atoms. The zero-order valence-corrected chi connectivity index (χ0v) is 16.4. The van der Waals surface area contributed by atoms with E-state index in [0.717, 1.165) is 29.9 Å². The number of rotatable bonds is 7. The molecule has 148 valence electrons. The lowest BCUT2D eigenvalue weighted by atomic mass is 9.76. The van der Waals surface area contributed by atoms with Gasteiger partial charge in [0.05, 0.1) is 38.8 Å². The van der Waals surface area contributed by atoms with Crippen LogP contribution in [-0.2, 0) is 26.1 Å². The van der Waals surface area contributed by atoms with Crippen LogP contribution in [-0.4, -0.2) is 32.9 Å². The average molecular weight is 382 g/mol. The van der Waals surface area contributed by atoms with Crippen molar-refractivity contribution < 1.29 is 23.7 Å². The molecule has 28 heavy (non-hydrogen) atoms. The van der Waals surface area contributed by atoms with Crippen molar-refractivity contribution in [3.63, 3.8) is 0 Å². The van der Waals surface area contributed by atoms with Crippen molar-refractivity contribution in [1.29, 1.82) is 0 Å². The van der Waals surface area contributed by atoms with Crippen LogP contribution >= 0.6 is 0 Å². The SMILES string of the molecule is CCOC(=O)CC1(c2ccc(OC3CCc4cc(OC)ccc43)cc2)COC1. The van der Waals surface area contributed by atoms with Crippen molar-refractivity contribution >= 4 is 5.97 Å². The molecule has 0 spiro atoms. The minimum atomic E-state index is -0.276. The Kier molecular flexibility index (Phi) is 5.27. The Balaban J connectivity index is 1.45. The second kappa shape index (κ2) is 7.84. The van der Waals surface area contributed by atoms with Gasteiger partial charge in [-0.3, -0.25) is 4.79 Å². The molecule has 2 aromatic carbocycles. The number of benzene rings is 2. The predicted molar refractivity (Wildman–Crippen MR) is 105 cm³/mol. The van der Waals surface area contributed by atoms with Crippen LogP contribution in [0.1, 0.15) is 42.6 Å². The van der Waals surface area contributed by atoms with Crippen LogP contribution in [0.25, 0.3) is 0 Å². The summed E-state index contributed by atoms with van der Waals surface area (Å²) in [6.07, 6.45) is 2.37. The van der Waals surface area contributed by atoms with Gasteiger partial charge in [0, 0.05) is 0 Å². The Morgan fingerprint density at radius 3 is 2.54 bits per heavy atom. The maximum absolute atomic E-state index is 12.0. The van der Waals surface area contributed by atoms with Crippen LogP contribution in [0.2, 0.25) is 0 Å². The van der Waals surface area contributed by atoms with Gasteiger partial charge in [-0.05, 0) is 60.7 Å². The zero-order chi connectivity index (χ0) is 19.6. The molecule has 0 amide bonds. The van der Waals surface area contributed by atoms with Crippen LogP contribution in [0.5, 0.6) is 11.5 Å². The normalized spacial score (nSPS) is 19.4. The fourth-order valence-electron chi connectivity index (χ4n) is 4.06. The van der Waals surface area contributed by atoms with E-state index >= 15 is 0 Å². The van der Waals surface area contributed by atoms with Gasteiger partial charge < -0.3 is 18.9 Å². The average Bonchev–Trinajstić information content (AvgIpc) is 3.07. The van der Waals surface area contributed by atoms with Gasteiger partial charge in [0.25, 0.3) is 0 Å². The first-order valence-electron chi connectivity index (χ1n) is 9.81. The number of hydrogen-bond acceptors (Lipinski definition) is 5. The monoisotopic (exact) mass is 382 g/mol. The number of esters is 1. The summed E-state index contributed by atoms with van der Waals surface area (Å²) >= 11 is 0. The van der Waals surface area contributed by atoms with Crippen LogP contribution in [0.3, 0.4) is 0 Å². The molecule has 0 radical (unpaired) electrons. The van der Waals surface area contributed by atoms with Crippen LogP contribution in [0.15, 0.2) is 42.5 Å². The van der Waals surface area contributed by atoms with Gasteiger partial charge >= 0.3 is 5.97 Å². The molecule has 1 fully saturated rings. The molecule has 1 aliphatic heterocycles. The van der Waals surface area contributed by atoms with E-state index < -0.39 is 0 Å². The Labute approximate surface area is 165 Å². The van der Waals surface area contributed by atoms with Crippen molar-refractivity contribution in [2.75, 3.05) is 26.9 Å². The summed E-state index contributed by atoms with van der Waals surface area (Å²) in [5, 5.41) is 0. The Hall–Kier alpha value is -2.53. The van der Waals surface area contributed by atoms with Gasteiger partial charge in [0.1, 0.15) is 17.6 Å². The lowest BCUT2D eigenvalue weighted by molar-refractivity contribution is -0.151. The minimum Gasteiger partial charge on any atom is -0.497 e. The zero-order valence-electron chi connectivity index (χ0n) is 16.4. The number of carbonyl (C=O) groups is 1. The highest BCUT2D eigenvalue weighted by molar-refractivity contribution is 5.72. The van der Waals surface area contributed by atoms with E-state index in [9.17, 15) is 4.79 Å². The summed E-state index contributed by atoms with van der Waals surface area (Å²) in [7, 11) is 1.69. The molecule has 1 heterocycles. The van der Waals surface area contributed by atoms with E-state index in [1.165, 1.54) is 11.1 Å². The quantitative estimate of drug-likeness (QED) is 0.678. The molecular formula is C23H26O5. The van der Waals surface area contributed by atoms with Crippen LogP contribution in [0.4, 0.5) is 0 Å². The Morgan fingerprint density at radius 2 is 1.89 bits per heavy atom. The number of methoxy groups -OCH3 is 1. The summed E-state index contributed by atoms with van der Waals surface area (Å²) in [5.41, 5.74) is 3.34.